The van der Waals surface area contributed by atoms with Crippen molar-refractivity contribution >= 4 is 29.2 Å². The Hall–Kier alpha value is -2.34. The van der Waals surface area contributed by atoms with Crippen LogP contribution in [-0.2, 0) is 6.42 Å². The number of rotatable bonds is 4. The lowest BCUT2D eigenvalue weighted by molar-refractivity contribution is 0.0692. The molecule has 110 valence electrons. The topological polar surface area (TPSA) is 95.1 Å². The molecule has 0 aliphatic heterocycles. The van der Waals surface area contributed by atoms with Crippen LogP contribution in [-0.4, -0.2) is 27.0 Å². The number of carboxylic acids is 1. The maximum absolute atomic E-state index is 12.2. The number of hydrogen-bond acceptors (Lipinski definition) is 3. The molecule has 0 atom stereocenters. The smallest absolute Gasteiger partial charge is 0.354 e. The van der Waals surface area contributed by atoms with Crippen molar-refractivity contribution < 1.29 is 14.7 Å². The Bertz CT molecular complexity index is 709. The molecule has 0 radical (unpaired) electrons. The second-order valence-electron chi connectivity index (χ2n) is 4.52. The third kappa shape index (κ3) is 3.41. The van der Waals surface area contributed by atoms with Crippen molar-refractivity contribution in [2.75, 3.05) is 5.32 Å². The first-order chi connectivity index (χ1) is 9.90. The minimum atomic E-state index is -1.14. The van der Waals surface area contributed by atoms with E-state index in [1.165, 1.54) is 6.07 Å². The zero-order valence-electron chi connectivity index (χ0n) is 11.5. The highest BCUT2D eigenvalue weighted by Gasteiger charge is 2.17. The summed E-state index contributed by atoms with van der Waals surface area (Å²) in [6.07, 6.45) is 0.643. The van der Waals surface area contributed by atoms with E-state index in [1.807, 2.05) is 6.92 Å². The van der Waals surface area contributed by atoms with Crippen LogP contribution < -0.4 is 5.32 Å². The SMILES string of the molecule is CCc1cc(C(=O)Nc2cc(C)[nH]c2C(=O)O)cc(Cl)n1. The summed E-state index contributed by atoms with van der Waals surface area (Å²) in [5, 5.41) is 11.9. The molecule has 0 saturated heterocycles. The maximum atomic E-state index is 12.2. The third-order valence-electron chi connectivity index (χ3n) is 2.89. The highest BCUT2D eigenvalue weighted by atomic mass is 35.5. The van der Waals surface area contributed by atoms with Gasteiger partial charge in [-0.05, 0) is 31.5 Å². The van der Waals surface area contributed by atoms with Crippen LogP contribution in [0.2, 0.25) is 5.15 Å². The van der Waals surface area contributed by atoms with Crippen LogP contribution in [0.4, 0.5) is 5.69 Å². The quantitative estimate of drug-likeness (QED) is 0.757. The van der Waals surface area contributed by atoms with Crippen LogP contribution in [0.3, 0.4) is 0 Å². The summed E-state index contributed by atoms with van der Waals surface area (Å²) >= 11 is 5.87. The highest BCUT2D eigenvalue weighted by Crippen LogP contribution is 2.19. The number of aromatic nitrogens is 2. The number of pyridine rings is 1. The van der Waals surface area contributed by atoms with Gasteiger partial charge in [-0.1, -0.05) is 18.5 Å². The molecule has 0 spiro atoms. The fourth-order valence-corrected chi connectivity index (χ4v) is 2.14. The molecule has 0 unspecified atom stereocenters. The Morgan fingerprint density at radius 3 is 2.71 bits per heavy atom. The largest absolute Gasteiger partial charge is 0.477 e. The zero-order valence-corrected chi connectivity index (χ0v) is 12.3. The number of anilines is 1. The first-order valence-electron chi connectivity index (χ1n) is 6.31. The molecule has 2 heterocycles. The molecule has 0 aliphatic carbocycles. The Morgan fingerprint density at radius 2 is 2.10 bits per heavy atom. The number of hydrogen-bond donors (Lipinski definition) is 3. The van der Waals surface area contributed by atoms with Gasteiger partial charge in [0.15, 0.2) is 0 Å². The lowest BCUT2D eigenvalue weighted by Gasteiger charge is -2.06. The number of carboxylic acid groups (broad SMARTS) is 1. The van der Waals surface area contributed by atoms with Crippen LogP contribution in [0.15, 0.2) is 18.2 Å². The normalized spacial score (nSPS) is 10.4. The summed E-state index contributed by atoms with van der Waals surface area (Å²) in [5.74, 6) is -1.57. The van der Waals surface area contributed by atoms with Crippen molar-refractivity contribution in [2.45, 2.75) is 20.3 Å². The molecule has 7 heteroatoms. The number of H-pyrrole nitrogens is 1. The average molecular weight is 308 g/mol. The minimum Gasteiger partial charge on any atom is -0.477 e. The first-order valence-corrected chi connectivity index (χ1v) is 6.69. The summed E-state index contributed by atoms with van der Waals surface area (Å²) < 4.78 is 0. The summed E-state index contributed by atoms with van der Waals surface area (Å²) in [5.41, 5.74) is 1.83. The van der Waals surface area contributed by atoms with Gasteiger partial charge in [0.1, 0.15) is 10.8 Å². The van der Waals surface area contributed by atoms with Gasteiger partial charge in [-0.3, -0.25) is 4.79 Å². The predicted molar refractivity (Wildman–Crippen MR) is 79.1 cm³/mol. The summed E-state index contributed by atoms with van der Waals surface area (Å²) in [6.45, 7) is 3.61. The Morgan fingerprint density at radius 1 is 1.38 bits per heavy atom. The molecule has 0 aliphatic rings. The van der Waals surface area contributed by atoms with E-state index in [0.29, 0.717) is 23.4 Å². The third-order valence-corrected chi connectivity index (χ3v) is 3.08. The van der Waals surface area contributed by atoms with Crippen molar-refractivity contribution in [1.29, 1.82) is 0 Å². The number of nitrogens with one attached hydrogen (secondary N) is 2. The Balaban J connectivity index is 2.30. The van der Waals surface area contributed by atoms with E-state index < -0.39 is 11.9 Å². The van der Waals surface area contributed by atoms with Crippen molar-refractivity contribution in [1.82, 2.24) is 9.97 Å². The van der Waals surface area contributed by atoms with E-state index >= 15 is 0 Å². The van der Waals surface area contributed by atoms with Crippen LogP contribution in [0.1, 0.15) is 39.2 Å². The van der Waals surface area contributed by atoms with Gasteiger partial charge in [0.2, 0.25) is 0 Å². The van der Waals surface area contributed by atoms with Crippen molar-refractivity contribution in [3.05, 3.63) is 46.0 Å². The molecule has 0 aromatic carbocycles. The summed E-state index contributed by atoms with van der Waals surface area (Å²) in [4.78, 5) is 30.1. The molecule has 2 aromatic heterocycles. The van der Waals surface area contributed by atoms with Crippen molar-refractivity contribution in [3.63, 3.8) is 0 Å². The molecule has 0 fully saturated rings. The maximum Gasteiger partial charge on any atom is 0.354 e. The van der Waals surface area contributed by atoms with E-state index in [0.717, 1.165) is 0 Å². The number of nitrogens with zero attached hydrogens (tertiary/aromatic N) is 1. The molecule has 2 rings (SSSR count). The standard InChI is InChI=1S/C14H14ClN3O3/c1-3-9-5-8(6-11(15)17-9)13(19)18-10-4-7(2)16-12(10)14(20)21/h4-6,16H,3H2,1-2H3,(H,18,19)(H,20,21). The fourth-order valence-electron chi connectivity index (χ4n) is 1.91. The van der Waals surface area contributed by atoms with E-state index in [1.54, 1.807) is 19.1 Å². The molecular formula is C14H14ClN3O3. The minimum absolute atomic E-state index is 0.0586. The lowest BCUT2D eigenvalue weighted by atomic mass is 10.2. The molecule has 21 heavy (non-hydrogen) atoms. The van der Waals surface area contributed by atoms with Crippen LogP contribution in [0.5, 0.6) is 0 Å². The number of halogens is 1. The van der Waals surface area contributed by atoms with Gasteiger partial charge in [0.25, 0.3) is 5.91 Å². The van der Waals surface area contributed by atoms with Gasteiger partial charge in [-0.25, -0.2) is 9.78 Å². The molecule has 0 bridgehead atoms. The molecule has 0 saturated carbocycles. The number of aryl methyl sites for hydroxylation is 2. The van der Waals surface area contributed by atoms with Gasteiger partial charge in [-0.15, -0.1) is 0 Å². The summed E-state index contributed by atoms with van der Waals surface area (Å²) in [6, 6.07) is 4.63. The van der Waals surface area contributed by atoms with E-state index in [4.69, 9.17) is 16.7 Å². The van der Waals surface area contributed by atoms with Gasteiger partial charge in [0.05, 0.1) is 5.69 Å². The van der Waals surface area contributed by atoms with Crippen molar-refractivity contribution in [3.8, 4) is 0 Å². The van der Waals surface area contributed by atoms with Gasteiger partial charge in [0, 0.05) is 17.0 Å². The number of carbonyl (C=O) groups excluding carboxylic acids is 1. The summed E-state index contributed by atoms with van der Waals surface area (Å²) in [7, 11) is 0. The van der Waals surface area contributed by atoms with Gasteiger partial charge >= 0.3 is 5.97 Å². The molecule has 3 N–H and O–H groups in total. The highest BCUT2D eigenvalue weighted by molar-refractivity contribution is 6.29. The van der Waals surface area contributed by atoms with E-state index in [-0.39, 0.29) is 16.5 Å². The monoisotopic (exact) mass is 307 g/mol. The van der Waals surface area contributed by atoms with Gasteiger partial charge in [-0.2, -0.15) is 0 Å². The molecule has 1 amide bonds. The van der Waals surface area contributed by atoms with Crippen LogP contribution in [0.25, 0.3) is 0 Å². The first kappa shape index (κ1) is 15.1. The lowest BCUT2D eigenvalue weighted by Crippen LogP contribution is -2.14. The van der Waals surface area contributed by atoms with E-state index in [2.05, 4.69) is 15.3 Å². The second-order valence-corrected chi connectivity index (χ2v) is 4.91. The predicted octanol–water partition coefficient (Wildman–Crippen LogP) is 2.88. The number of aromatic amines is 1. The Kier molecular flexibility index (Phi) is 4.28. The van der Waals surface area contributed by atoms with Gasteiger partial charge < -0.3 is 15.4 Å². The number of aromatic carboxylic acids is 1. The average Bonchev–Trinajstić information content (AvgIpc) is 2.79. The second kappa shape index (κ2) is 5.97. The number of carbonyl (C=O) groups is 2. The molecular weight excluding hydrogens is 294 g/mol. The van der Waals surface area contributed by atoms with E-state index in [9.17, 15) is 9.59 Å². The fraction of sp³-hybridized carbons (Fsp3) is 0.214. The zero-order chi connectivity index (χ0) is 15.6. The molecule has 2 aromatic rings. The Labute approximate surface area is 126 Å². The van der Waals surface area contributed by atoms with Crippen molar-refractivity contribution in [2.24, 2.45) is 0 Å². The van der Waals surface area contributed by atoms with Crippen LogP contribution >= 0.6 is 11.6 Å². The molecule has 6 nitrogen and oxygen atoms in total. The van der Waals surface area contributed by atoms with Crippen LogP contribution in [0, 0.1) is 6.92 Å². The number of amides is 1.